The number of hydrogen-bond acceptors (Lipinski definition) is 3. The van der Waals surface area contributed by atoms with Crippen LogP contribution in [0.3, 0.4) is 0 Å². The molecule has 0 bridgehead atoms. The maximum atomic E-state index is 9.93. The van der Waals surface area contributed by atoms with E-state index in [0.29, 0.717) is 18.3 Å². The highest BCUT2D eigenvalue weighted by Gasteiger charge is 2.31. The van der Waals surface area contributed by atoms with Crippen LogP contribution in [0.2, 0.25) is 0 Å². The van der Waals surface area contributed by atoms with E-state index in [1.165, 1.54) is 6.42 Å². The summed E-state index contributed by atoms with van der Waals surface area (Å²) in [5.41, 5.74) is 0.866. The molecule has 1 aromatic rings. The molecule has 0 spiro atoms. The van der Waals surface area contributed by atoms with Gasteiger partial charge >= 0.3 is 0 Å². The number of methoxy groups -OCH3 is 1. The summed E-state index contributed by atoms with van der Waals surface area (Å²) in [7, 11) is 1.56. The molecule has 0 aromatic heterocycles. The number of ether oxygens (including phenoxy) is 1. The standard InChI is InChI=1S/C12H16BrNO2/c1-7-3-10(7)14-6-8-4-9(13)5-11(16-2)12(8)15/h4-5,7,10,14-15H,3,6H2,1-2H3. The number of benzene rings is 1. The zero-order chi connectivity index (χ0) is 11.7. The molecule has 4 heteroatoms. The lowest BCUT2D eigenvalue weighted by Gasteiger charge is -2.10. The molecule has 0 aliphatic heterocycles. The molecule has 3 nitrogen and oxygen atoms in total. The first-order chi connectivity index (χ1) is 7.61. The maximum absolute atomic E-state index is 9.93. The van der Waals surface area contributed by atoms with Gasteiger partial charge in [-0.15, -0.1) is 0 Å². The third kappa shape index (κ3) is 2.50. The second-order valence-corrected chi connectivity index (χ2v) is 5.23. The third-order valence-corrected chi connectivity index (χ3v) is 3.46. The molecule has 88 valence electrons. The normalized spacial score (nSPS) is 23.2. The van der Waals surface area contributed by atoms with Gasteiger partial charge in [-0.25, -0.2) is 0 Å². The van der Waals surface area contributed by atoms with Crippen molar-refractivity contribution in [1.82, 2.24) is 5.32 Å². The fraction of sp³-hybridized carbons (Fsp3) is 0.500. The zero-order valence-electron chi connectivity index (χ0n) is 9.46. The molecule has 0 saturated heterocycles. The van der Waals surface area contributed by atoms with Crippen molar-refractivity contribution in [2.75, 3.05) is 7.11 Å². The summed E-state index contributed by atoms with van der Waals surface area (Å²) in [6.07, 6.45) is 1.23. The van der Waals surface area contributed by atoms with E-state index in [9.17, 15) is 5.11 Å². The Morgan fingerprint density at radius 3 is 2.81 bits per heavy atom. The molecule has 16 heavy (non-hydrogen) atoms. The van der Waals surface area contributed by atoms with Gasteiger partial charge in [0, 0.05) is 22.6 Å². The van der Waals surface area contributed by atoms with Gasteiger partial charge in [-0.05, 0) is 24.5 Å². The molecular weight excluding hydrogens is 270 g/mol. The minimum absolute atomic E-state index is 0.228. The molecule has 1 aliphatic rings. The third-order valence-electron chi connectivity index (χ3n) is 3.00. The summed E-state index contributed by atoms with van der Waals surface area (Å²) >= 11 is 3.40. The van der Waals surface area contributed by atoms with Crippen LogP contribution in [0.4, 0.5) is 0 Å². The Labute approximate surface area is 104 Å². The molecule has 2 atom stereocenters. The average molecular weight is 286 g/mol. The topological polar surface area (TPSA) is 41.5 Å². The van der Waals surface area contributed by atoms with Gasteiger partial charge < -0.3 is 15.2 Å². The monoisotopic (exact) mass is 285 g/mol. The molecule has 2 N–H and O–H groups in total. The van der Waals surface area contributed by atoms with Crippen molar-refractivity contribution in [2.45, 2.75) is 25.9 Å². The summed E-state index contributed by atoms with van der Waals surface area (Å²) in [5, 5.41) is 13.3. The number of halogens is 1. The van der Waals surface area contributed by atoms with Crippen molar-refractivity contribution < 1.29 is 9.84 Å². The van der Waals surface area contributed by atoms with E-state index < -0.39 is 0 Å². The summed E-state index contributed by atoms with van der Waals surface area (Å²) in [4.78, 5) is 0. The quantitative estimate of drug-likeness (QED) is 0.894. The first kappa shape index (κ1) is 11.7. The molecule has 2 unspecified atom stereocenters. The van der Waals surface area contributed by atoms with Crippen LogP contribution in [-0.2, 0) is 6.54 Å². The predicted molar refractivity (Wildman–Crippen MR) is 66.8 cm³/mol. The second-order valence-electron chi connectivity index (χ2n) is 4.32. The Kier molecular flexibility index (Phi) is 3.40. The van der Waals surface area contributed by atoms with Gasteiger partial charge in [0.1, 0.15) is 0 Å². The average Bonchev–Trinajstić information content (AvgIpc) is 2.95. The van der Waals surface area contributed by atoms with Crippen LogP contribution < -0.4 is 10.1 Å². The first-order valence-corrected chi connectivity index (χ1v) is 6.20. The SMILES string of the molecule is COc1cc(Br)cc(CNC2CC2C)c1O. The van der Waals surface area contributed by atoms with E-state index in [-0.39, 0.29) is 5.75 Å². The van der Waals surface area contributed by atoms with E-state index >= 15 is 0 Å². The lowest BCUT2D eigenvalue weighted by Crippen LogP contribution is -2.17. The number of nitrogens with one attached hydrogen (secondary N) is 1. The van der Waals surface area contributed by atoms with Crippen molar-refractivity contribution in [3.8, 4) is 11.5 Å². The van der Waals surface area contributed by atoms with Gasteiger partial charge in [0.15, 0.2) is 11.5 Å². The molecule has 0 radical (unpaired) electrons. The van der Waals surface area contributed by atoms with E-state index in [2.05, 4.69) is 28.2 Å². The van der Waals surface area contributed by atoms with Crippen LogP contribution in [0.25, 0.3) is 0 Å². The molecule has 1 aromatic carbocycles. The van der Waals surface area contributed by atoms with Gasteiger partial charge in [0.2, 0.25) is 0 Å². The summed E-state index contributed by atoms with van der Waals surface area (Å²) in [6.45, 7) is 2.90. The predicted octanol–water partition coefficient (Wildman–Crippen LogP) is 2.66. The van der Waals surface area contributed by atoms with Gasteiger partial charge in [0.05, 0.1) is 7.11 Å². The number of rotatable bonds is 4. The number of hydrogen-bond donors (Lipinski definition) is 2. The lowest BCUT2D eigenvalue weighted by atomic mass is 10.2. The highest BCUT2D eigenvalue weighted by Crippen LogP contribution is 2.35. The number of phenolic OH excluding ortho intramolecular Hbond substituents is 1. The van der Waals surface area contributed by atoms with Crippen molar-refractivity contribution in [2.24, 2.45) is 5.92 Å². The lowest BCUT2D eigenvalue weighted by molar-refractivity contribution is 0.369. The van der Waals surface area contributed by atoms with Crippen molar-refractivity contribution in [3.63, 3.8) is 0 Å². The smallest absolute Gasteiger partial charge is 0.162 e. The minimum Gasteiger partial charge on any atom is -0.504 e. The van der Waals surface area contributed by atoms with E-state index in [4.69, 9.17) is 4.74 Å². The maximum Gasteiger partial charge on any atom is 0.162 e. The van der Waals surface area contributed by atoms with E-state index in [1.807, 2.05) is 6.07 Å². The minimum atomic E-state index is 0.228. The van der Waals surface area contributed by atoms with Crippen LogP contribution in [0.15, 0.2) is 16.6 Å². The van der Waals surface area contributed by atoms with Crippen LogP contribution in [0, 0.1) is 5.92 Å². The van der Waals surface area contributed by atoms with Crippen LogP contribution in [0.5, 0.6) is 11.5 Å². The summed E-state index contributed by atoms with van der Waals surface area (Å²) in [6, 6.07) is 4.28. The molecule has 1 saturated carbocycles. The van der Waals surface area contributed by atoms with Gasteiger partial charge in [-0.2, -0.15) is 0 Å². The van der Waals surface area contributed by atoms with E-state index in [0.717, 1.165) is 16.0 Å². The zero-order valence-corrected chi connectivity index (χ0v) is 11.0. The Morgan fingerprint density at radius 2 is 2.25 bits per heavy atom. The summed E-state index contributed by atoms with van der Waals surface area (Å²) < 4.78 is 6.02. The number of phenols is 1. The fourth-order valence-corrected chi connectivity index (χ4v) is 2.25. The molecule has 1 fully saturated rings. The van der Waals surface area contributed by atoms with Gasteiger partial charge in [0.25, 0.3) is 0 Å². The highest BCUT2D eigenvalue weighted by atomic mass is 79.9. The van der Waals surface area contributed by atoms with Crippen LogP contribution >= 0.6 is 15.9 Å². The van der Waals surface area contributed by atoms with Crippen molar-refractivity contribution in [1.29, 1.82) is 0 Å². The molecular formula is C12H16BrNO2. The fourth-order valence-electron chi connectivity index (χ4n) is 1.77. The summed E-state index contributed by atoms with van der Waals surface area (Å²) in [5.74, 6) is 1.50. The molecule has 0 amide bonds. The first-order valence-electron chi connectivity index (χ1n) is 5.40. The van der Waals surface area contributed by atoms with Gasteiger partial charge in [-0.3, -0.25) is 0 Å². The van der Waals surface area contributed by atoms with Crippen LogP contribution in [0.1, 0.15) is 18.9 Å². The molecule has 1 aliphatic carbocycles. The largest absolute Gasteiger partial charge is 0.504 e. The van der Waals surface area contributed by atoms with Crippen LogP contribution in [-0.4, -0.2) is 18.3 Å². The van der Waals surface area contributed by atoms with Crippen molar-refractivity contribution >= 4 is 15.9 Å². The Morgan fingerprint density at radius 1 is 1.56 bits per heavy atom. The molecule has 0 heterocycles. The second kappa shape index (κ2) is 4.63. The van der Waals surface area contributed by atoms with Crippen molar-refractivity contribution in [3.05, 3.63) is 22.2 Å². The Hall–Kier alpha value is -0.740. The molecule has 2 rings (SSSR count). The Bertz CT molecular complexity index is 395. The Balaban J connectivity index is 2.09. The number of aromatic hydroxyl groups is 1. The highest BCUT2D eigenvalue weighted by molar-refractivity contribution is 9.10. The van der Waals surface area contributed by atoms with E-state index in [1.54, 1.807) is 13.2 Å². The van der Waals surface area contributed by atoms with Gasteiger partial charge in [-0.1, -0.05) is 22.9 Å².